The number of hydrogen-bond donors (Lipinski definition) is 3. The number of aryl methyl sites for hydroxylation is 1. The van der Waals surface area contributed by atoms with Gasteiger partial charge in [0, 0.05) is 6.42 Å². The molecule has 1 amide bonds. The van der Waals surface area contributed by atoms with Crippen molar-refractivity contribution in [1.29, 1.82) is 0 Å². The van der Waals surface area contributed by atoms with Crippen molar-refractivity contribution < 1.29 is 13.2 Å². The molecule has 1 atom stereocenters. The summed E-state index contributed by atoms with van der Waals surface area (Å²) in [5, 5.41) is 15.4. The molecule has 10 heteroatoms. The number of H-pyrrole nitrogens is 1. The number of aromatic amines is 1. The summed E-state index contributed by atoms with van der Waals surface area (Å²) in [7, 11) is -3.72. The van der Waals surface area contributed by atoms with E-state index >= 15 is 0 Å². The molecule has 0 fully saturated rings. The second-order valence-corrected chi connectivity index (χ2v) is 8.01. The standard InChI is InChI=1S/C15H21N5O3S2/c1-3-4-13-18-15(20-19-13)24-9-14(21)17-10(2)11-5-7-12(8-6-11)25(16,22)23/h5-8,10H,3-4,9H2,1-2H3,(H,17,21)(H2,16,22,23)(H,18,19,20). The van der Waals surface area contributed by atoms with Crippen LogP contribution in [0.2, 0.25) is 0 Å². The molecule has 0 saturated heterocycles. The van der Waals surface area contributed by atoms with Gasteiger partial charge in [-0.15, -0.1) is 5.10 Å². The summed E-state index contributed by atoms with van der Waals surface area (Å²) in [6.07, 6.45) is 1.80. The van der Waals surface area contributed by atoms with Crippen molar-refractivity contribution in [2.45, 2.75) is 42.8 Å². The number of amides is 1. The van der Waals surface area contributed by atoms with Gasteiger partial charge in [-0.25, -0.2) is 18.5 Å². The van der Waals surface area contributed by atoms with Gasteiger partial charge in [0.25, 0.3) is 0 Å². The maximum absolute atomic E-state index is 12.0. The third kappa shape index (κ3) is 5.83. The van der Waals surface area contributed by atoms with Crippen LogP contribution in [0.5, 0.6) is 0 Å². The zero-order valence-corrected chi connectivity index (χ0v) is 15.7. The van der Waals surface area contributed by atoms with E-state index in [1.54, 1.807) is 12.1 Å². The van der Waals surface area contributed by atoms with E-state index in [1.165, 1.54) is 23.9 Å². The Morgan fingerprint density at radius 1 is 1.36 bits per heavy atom. The average molecular weight is 383 g/mol. The fraction of sp³-hybridized carbons (Fsp3) is 0.400. The highest BCUT2D eigenvalue weighted by atomic mass is 32.2. The Labute approximate surface area is 151 Å². The number of nitrogens with two attached hydrogens (primary N) is 1. The van der Waals surface area contributed by atoms with Crippen molar-refractivity contribution in [3.05, 3.63) is 35.7 Å². The van der Waals surface area contributed by atoms with Crippen LogP contribution in [-0.4, -0.2) is 35.3 Å². The lowest BCUT2D eigenvalue weighted by atomic mass is 10.1. The maximum atomic E-state index is 12.0. The highest BCUT2D eigenvalue weighted by Gasteiger charge is 2.13. The van der Waals surface area contributed by atoms with Gasteiger partial charge >= 0.3 is 0 Å². The molecule has 0 saturated carbocycles. The summed E-state index contributed by atoms with van der Waals surface area (Å²) >= 11 is 1.26. The fourth-order valence-electron chi connectivity index (χ4n) is 2.13. The lowest BCUT2D eigenvalue weighted by Crippen LogP contribution is -2.28. The number of nitrogens with zero attached hydrogens (tertiary/aromatic N) is 2. The quantitative estimate of drug-likeness (QED) is 0.590. The van der Waals surface area contributed by atoms with E-state index in [0.29, 0.717) is 5.16 Å². The van der Waals surface area contributed by atoms with Crippen LogP contribution in [0, 0.1) is 0 Å². The highest BCUT2D eigenvalue weighted by Crippen LogP contribution is 2.17. The van der Waals surface area contributed by atoms with Crippen LogP contribution in [0.1, 0.15) is 37.7 Å². The van der Waals surface area contributed by atoms with Crippen LogP contribution in [0.4, 0.5) is 0 Å². The third-order valence-corrected chi connectivity index (χ3v) is 5.19. The number of nitrogens with one attached hydrogen (secondary N) is 2. The Balaban J connectivity index is 1.86. The van der Waals surface area contributed by atoms with E-state index in [-0.39, 0.29) is 22.6 Å². The van der Waals surface area contributed by atoms with Crippen LogP contribution >= 0.6 is 11.8 Å². The van der Waals surface area contributed by atoms with E-state index < -0.39 is 10.0 Å². The highest BCUT2D eigenvalue weighted by molar-refractivity contribution is 7.99. The van der Waals surface area contributed by atoms with Crippen molar-refractivity contribution in [2.24, 2.45) is 5.14 Å². The first kappa shape index (κ1) is 19.4. The second kappa shape index (κ2) is 8.45. The summed E-state index contributed by atoms with van der Waals surface area (Å²) < 4.78 is 22.5. The van der Waals surface area contributed by atoms with Gasteiger partial charge in [0.2, 0.25) is 21.1 Å². The lowest BCUT2D eigenvalue weighted by molar-refractivity contribution is -0.119. The molecule has 2 rings (SSSR count). The number of primary sulfonamides is 1. The molecule has 0 aliphatic carbocycles. The molecule has 4 N–H and O–H groups in total. The van der Waals surface area contributed by atoms with Gasteiger partial charge in [-0.2, -0.15) is 0 Å². The van der Waals surface area contributed by atoms with Gasteiger partial charge in [0.1, 0.15) is 5.82 Å². The Morgan fingerprint density at radius 3 is 2.64 bits per heavy atom. The zero-order chi connectivity index (χ0) is 18.4. The van der Waals surface area contributed by atoms with Crippen molar-refractivity contribution in [2.75, 3.05) is 5.75 Å². The predicted molar refractivity (Wildman–Crippen MR) is 95.5 cm³/mol. The minimum atomic E-state index is -3.72. The molecule has 25 heavy (non-hydrogen) atoms. The van der Waals surface area contributed by atoms with Gasteiger partial charge in [-0.3, -0.25) is 9.89 Å². The summed E-state index contributed by atoms with van der Waals surface area (Å²) in [6.45, 7) is 3.88. The summed E-state index contributed by atoms with van der Waals surface area (Å²) in [4.78, 5) is 16.4. The molecule has 0 bridgehead atoms. The molecule has 1 unspecified atom stereocenters. The third-order valence-electron chi connectivity index (χ3n) is 3.42. The van der Waals surface area contributed by atoms with Gasteiger partial charge in [-0.05, 0) is 31.0 Å². The summed E-state index contributed by atoms with van der Waals surface area (Å²) in [5.74, 6) is 0.854. The number of carbonyl (C=O) groups is 1. The number of carbonyl (C=O) groups excluding carboxylic acids is 1. The molecule has 1 aromatic carbocycles. The smallest absolute Gasteiger partial charge is 0.238 e. The van der Waals surface area contributed by atoms with Crippen molar-refractivity contribution in [1.82, 2.24) is 20.5 Å². The number of hydrogen-bond acceptors (Lipinski definition) is 6. The minimum Gasteiger partial charge on any atom is -0.349 e. The van der Waals surface area contributed by atoms with Crippen LogP contribution < -0.4 is 10.5 Å². The molecule has 0 spiro atoms. The van der Waals surface area contributed by atoms with Crippen LogP contribution in [0.25, 0.3) is 0 Å². The Bertz CT molecular complexity index is 818. The molecule has 8 nitrogen and oxygen atoms in total. The SMILES string of the molecule is CCCc1nc(SCC(=O)NC(C)c2ccc(S(N)(=O)=O)cc2)n[nH]1. The Morgan fingerprint density at radius 2 is 2.04 bits per heavy atom. The van der Waals surface area contributed by atoms with E-state index in [4.69, 9.17) is 5.14 Å². The van der Waals surface area contributed by atoms with Crippen molar-refractivity contribution >= 4 is 27.7 Å². The van der Waals surface area contributed by atoms with E-state index in [0.717, 1.165) is 24.2 Å². The second-order valence-electron chi connectivity index (χ2n) is 5.51. The van der Waals surface area contributed by atoms with Gasteiger partial charge in [0.15, 0.2) is 0 Å². The maximum Gasteiger partial charge on any atom is 0.238 e. The van der Waals surface area contributed by atoms with Crippen LogP contribution in [0.3, 0.4) is 0 Å². The van der Waals surface area contributed by atoms with Gasteiger partial charge in [-0.1, -0.05) is 30.8 Å². The largest absolute Gasteiger partial charge is 0.349 e. The fourth-order valence-corrected chi connectivity index (χ4v) is 3.28. The molecule has 0 aliphatic heterocycles. The molecule has 0 aliphatic rings. The first-order valence-electron chi connectivity index (χ1n) is 7.75. The zero-order valence-electron chi connectivity index (χ0n) is 14.0. The number of aromatic nitrogens is 3. The van der Waals surface area contributed by atoms with Gasteiger partial charge < -0.3 is 5.32 Å². The van der Waals surface area contributed by atoms with Gasteiger partial charge in [0.05, 0.1) is 16.7 Å². The molecule has 0 radical (unpaired) electrons. The van der Waals surface area contributed by atoms with Crippen molar-refractivity contribution in [3.63, 3.8) is 0 Å². The average Bonchev–Trinajstić information content (AvgIpc) is 3.00. The predicted octanol–water partition coefficient (Wildman–Crippen LogP) is 1.37. The molecule has 136 valence electrons. The Kier molecular flexibility index (Phi) is 6.57. The number of thioether (sulfide) groups is 1. The normalized spacial score (nSPS) is 12.8. The van der Waals surface area contributed by atoms with Crippen molar-refractivity contribution in [3.8, 4) is 0 Å². The van der Waals surface area contributed by atoms with E-state index in [9.17, 15) is 13.2 Å². The number of rotatable bonds is 8. The lowest BCUT2D eigenvalue weighted by Gasteiger charge is -2.14. The topological polar surface area (TPSA) is 131 Å². The monoisotopic (exact) mass is 383 g/mol. The summed E-state index contributed by atoms with van der Waals surface area (Å²) in [5.41, 5.74) is 0.786. The molecule has 1 heterocycles. The summed E-state index contributed by atoms with van der Waals surface area (Å²) in [6, 6.07) is 5.84. The molecule has 2 aromatic rings. The molecular formula is C15H21N5O3S2. The molecular weight excluding hydrogens is 362 g/mol. The first-order valence-corrected chi connectivity index (χ1v) is 10.3. The number of benzene rings is 1. The first-order chi connectivity index (χ1) is 11.8. The number of sulfonamides is 1. The Hall–Kier alpha value is -1.91. The van der Waals surface area contributed by atoms with E-state index in [1.807, 2.05) is 6.92 Å². The van der Waals surface area contributed by atoms with Crippen LogP contribution in [0.15, 0.2) is 34.3 Å². The minimum absolute atomic E-state index is 0.0397. The van der Waals surface area contributed by atoms with Crippen LogP contribution in [-0.2, 0) is 21.2 Å². The molecule has 1 aromatic heterocycles. The van der Waals surface area contributed by atoms with E-state index in [2.05, 4.69) is 27.4 Å².